The summed E-state index contributed by atoms with van der Waals surface area (Å²) in [5.41, 5.74) is 1.92. The van der Waals surface area contributed by atoms with Crippen LogP contribution in [-0.4, -0.2) is 36.3 Å². The molecule has 1 aromatic heterocycles. The second kappa shape index (κ2) is 6.93. The van der Waals surface area contributed by atoms with Crippen molar-refractivity contribution in [2.75, 3.05) is 13.6 Å². The van der Waals surface area contributed by atoms with E-state index in [1.54, 1.807) is 19.2 Å². The summed E-state index contributed by atoms with van der Waals surface area (Å²) in [6.45, 7) is 0.419. The van der Waals surface area contributed by atoms with Crippen LogP contribution in [0, 0.1) is 0 Å². The second-order valence-electron chi connectivity index (χ2n) is 5.58. The first-order valence-electron chi connectivity index (χ1n) is 7.62. The van der Waals surface area contributed by atoms with Crippen molar-refractivity contribution in [3.05, 3.63) is 59.4 Å². The molecule has 2 aromatic carbocycles. The number of aromatic amines is 1. The third-order valence-corrected chi connectivity index (χ3v) is 5.97. The average Bonchev–Trinajstić information content (AvgIpc) is 2.97. The number of nitrogens with zero attached hydrogens (tertiary/aromatic N) is 2. The lowest BCUT2D eigenvalue weighted by molar-refractivity contribution is 0.460. The van der Waals surface area contributed by atoms with Gasteiger partial charge in [-0.3, -0.25) is 0 Å². The maximum atomic E-state index is 12.5. The highest BCUT2D eigenvalue weighted by Gasteiger charge is 2.20. The Kier molecular flexibility index (Phi) is 4.89. The Labute approximate surface area is 146 Å². The molecule has 1 N–H and O–H groups in total. The van der Waals surface area contributed by atoms with Gasteiger partial charge in [-0.15, -0.1) is 0 Å². The highest BCUT2D eigenvalue weighted by molar-refractivity contribution is 7.89. The summed E-state index contributed by atoms with van der Waals surface area (Å²) in [7, 11) is -1.90. The van der Waals surface area contributed by atoms with Gasteiger partial charge in [0.1, 0.15) is 5.82 Å². The molecule has 1 heterocycles. The van der Waals surface area contributed by atoms with Gasteiger partial charge in [0.2, 0.25) is 10.0 Å². The van der Waals surface area contributed by atoms with Crippen LogP contribution in [0.5, 0.6) is 0 Å². The molecule has 0 fully saturated rings. The molecule has 24 heavy (non-hydrogen) atoms. The Hall–Kier alpha value is -1.89. The number of hydrogen-bond donors (Lipinski definition) is 1. The quantitative estimate of drug-likeness (QED) is 0.729. The molecule has 0 aliphatic carbocycles. The number of nitrogens with one attached hydrogen (secondary N) is 1. The number of imidazole rings is 1. The van der Waals surface area contributed by atoms with E-state index in [0.717, 1.165) is 16.9 Å². The van der Waals surface area contributed by atoms with Crippen LogP contribution in [0.25, 0.3) is 11.0 Å². The molecule has 3 aromatic rings. The summed E-state index contributed by atoms with van der Waals surface area (Å²) < 4.78 is 26.3. The number of hydrogen-bond acceptors (Lipinski definition) is 3. The van der Waals surface area contributed by atoms with E-state index in [4.69, 9.17) is 11.6 Å². The average molecular weight is 364 g/mol. The number of aryl methyl sites for hydroxylation is 1. The number of sulfonamides is 1. The van der Waals surface area contributed by atoms with Crippen molar-refractivity contribution in [2.24, 2.45) is 0 Å². The number of H-pyrrole nitrogens is 1. The summed E-state index contributed by atoms with van der Waals surface area (Å²) in [5.74, 6) is 0.869. The van der Waals surface area contributed by atoms with Crippen molar-refractivity contribution in [2.45, 2.75) is 17.7 Å². The fourth-order valence-electron chi connectivity index (χ4n) is 2.50. The van der Waals surface area contributed by atoms with Crippen LogP contribution in [0.4, 0.5) is 0 Å². The molecule has 0 radical (unpaired) electrons. The molecule has 0 saturated carbocycles. The monoisotopic (exact) mass is 363 g/mol. The number of halogens is 1. The van der Waals surface area contributed by atoms with Crippen LogP contribution in [0.15, 0.2) is 53.4 Å². The van der Waals surface area contributed by atoms with E-state index in [0.29, 0.717) is 24.4 Å². The third kappa shape index (κ3) is 3.61. The highest BCUT2D eigenvalue weighted by atomic mass is 35.5. The van der Waals surface area contributed by atoms with Crippen LogP contribution in [0.3, 0.4) is 0 Å². The number of fused-ring (bicyclic) bond motifs is 1. The minimum absolute atomic E-state index is 0.248. The van der Waals surface area contributed by atoms with E-state index in [1.165, 1.54) is 16.4 Å². The fraction of sp³-hybridized carbons (Fsp3) is 0.235. The molecule has 0 unspecified atom stereocenters. The smallest absolute Gasteiger partial charge is 0.242 e. The van der Waals surface area contributed by atoms with Gasteiger partial charge in [-0.05, 0) is 42.8 Å². The predicted octanol–water partition coefficient (Wildman–Crippen LogP) is 3.47. The summed E-state index contributed by atoms with van der Waals surface area (Å²) in [6.07, 6.45) is 1.37. The van der Waals surface area contributed by atoms with Gasteiger partial charge in [0, 0.05) is 25.0 Å². The molecule has 0 atom stereocenters. The topological polar surface area (TPSA) is 66.1 Å². The molecule has 0 saturated heterocycles. The van der Waals surface area contributed by atoms with E-state index in [1.807, 2.05) is 24.3 Å². The maximum Gasteiger partial charge on any atom is 0.242 e. The molecule has 0 aliphatic rings. The van der Waals surface area contributed by atoms with E-state index in [9.17, 15) is 8.42 Å². The lowest BCUT2D eigenvalue weighted by Gasteiger charge is -2.16. The van der Waals surface area contributed by atoms with Gasteiger partial charge in [-0.1, -0.05) is 23.7 Å². The second-order valence-corrected chi connectivity index (χ2v) is 8.07. The lowest BCUT2D eigenvalue weighted by Crippen LogP contribution is -2.28. The van der Waals surface area contributed by atoms with Crippen molar-refractivity contribution >= 4 is 32.7 Å². The fourth-order valence-corrected chi connectivity index (χ4v) is 3.84. The Bertz CT molecular complexity index is 903. The van der Waals surface area contributed by atoms with Crippen LogP contribution in [-0.2, 0) is 16.4 Å². The summed E-state index contributed by atoms with van der Waals surface area (Å²) in [5, 5.41) is 0.515. The molecular formula is C17H18ClN3O2S. The van der Waals surface area contributed by atoms with Gasteiger partial charge >= 0.3 is 0 Å². The Morgan fingerprint density at radius 3 is 2.54 bits per heavy atom. The van der Waals surface area contributed by atoms with Crippen LogP contribution in [0.2, 0.25) is 5.02 Å². The van der Waals surface area contributed by atoms with Gasteiger partial charge in [-0.25, -0.2) is 17.7 Å². The third-order valence-electron chi connectivity index (χ3n) is 3.85. The van der Waals surface area contributed by atoms with Crippen molar-refractivity contribution < 1.29 is 8.42 Å². The van der Waals surface area contributed by atoms with Gasteiger partial charge in [0.25, 0.3) is 0 Å². The molecule has 126 valence electrons. The highest BCUT2D eigenvalue weighted by Crippen LogP contribution is 2.18. The van der Waals surface area contributed by atoms with Crippen LogP contribution >= 0.6 is 11.6 Å². The molecule has 5 nitrogen and oxygen atoms in total. The summed E-state index contributed by atoms with van der Waals surface area (Å²) >= 11 is 5.81. The van der Waals surface area contributed by atoms with Gasteiger partial charge < -0.3 is 4.98 Å². The van der Waals surface area contributed by atoms with E-state index < -0.39 is 10.0 Å². The predicted molar refractivity (Wildman–Crippen MR) is 95.7 cm³/mol. The first kappa shape index (κ1) is 17.0. The van der Waals surface area contributed by atoms with Gasteiger partial charge in [-0.2, -0.15) is 0 Å². The molecule has 0 spiro atoms. The number of para-hydroxylation sites is 2. The Balaban J connectivity index is 1.62. The number of aromatic nitrogens is 2. The van der Waals surface area contributed by atoms with Crippen molar-refractivity contribution in [1.29, 1.82) is 0 Å². The van der Waals surface area contributed by atoms with Crippen LogP contribution in [0.1, 0.15) is 12.2 Å². The molecular weight excluding hydrogens is 346 g/mol. The van der Waals surface area contributed by atoms with Crippen molar-refractivity contribution in [3.63, 3.8) is 0 Å². The largest absolute Gasteiger partial charge is 0.342 e. The zero-order valence-corrected chi connectivity index (χ0v) is 14.8. The Morgan fingerprint density at radius 2 is 1.83 bits per heavy atom. The maximum absolute atomic E-state index is 12.5. The van der Waals surface area contributed by atoms with Gasteiger partial charge in [0.15, 0.2) is 0 Å². The minimum Gasteiger partial charge on any atom is -0.342 e. The lowest BCUT2D eigenvalue weighted by atomic mass is 10.3. The number of benzene rings is 2. The van der Waals surface area contributed by atoms with Crippen molar-refractivity contribution in [3.8, 4) is 0 Å². The number of rotatable bonds is 6. The normalized spacial score (nSPS) is 12.1. The first-order chi connectivity index (χ1) is 11.5. The van der Waals surface area contributed by atoms with E-state index in [-0.39, 0.29) is 4.90 Å². The molecule has 3 rings (SSSR count). The SMILES string of the molecule is CN(CCCc1nc2ccccc2[nH]1)S(=O)(=O)c1ccc(Cl)cc1. The molecule has 0 amide bonds. The minimum atomic E-state index is -3.49. The van der Waals surface area contributed by atoms with Crippen LogP contribution < -0.4 is 0 Å². The van der Waals surface area contributed by atoms with E-state index >= 15 is 0 Å². The van der Waals surface area contributed by atoms with Gasteiger partial charge in [0.05, 0.1) is 15.9 Å². The summed E-state index contributed by atoms with van der Waals surface area (Å²) in [4.78, 5) is 8.00. The Morgan fingerprint density at radius 1 is 1.12 bits per heavy atom. The molecule has 0 bridgehead atoms. The summed E-state index contributed by atoms with van der Waals surface area (Å²) in [6, 6.07) is 14.0. The standard InChI is InChI=1S/C17H18ClN3O2S/c1-21(24(22,23)14-10-8-13(18)9-11-14)12-4-7-17-19-15-5-2-3-6-16(15)20-17/h2-3,5-6,8-11H,4,7,12H2,1H3,(H,19,20). The zero-order chi connectivity index (χ0) is 17.2. The zero-order valence-electron chi connectivity index (χ0n) is 13.2. The first-order valence-corrected chi connectivity index (χ1v) is 9.44. The molecule has 7 heteroatoms. The van der Waals surface area contributed by atoms with Crippen molar-refractivity contribution in [1.82, 2.24) is 14.3 Å². The van der Waals surface area contributed by atoms with E-state index in [2.05, 4.69) is 9.97 Å². The molecule has 0 aliphatic heterocycles.